The van der Waals surface area contributed by atoms with E-state index in [1.54, 1.807) is 26.0 Å². The van der Waals surface area contributed by atoms with E-state index < -0.39 is 16.1 Å². The van der Waals surface area contributed by atoms with Gasteiger partial charge in [-0.2, -0.15) is 4.31 Å². The van der Waals surface area contributed by atoms with Crippen LogP contribution in [0.1, 0.15) is 24.5 Å². The van der Waals surface area contributed by atoms with Crippen LogP contribution in [-0.2, 0) is 10.0 Å². The first-order chi connectivity index (χ1) is 9.20. The molecular weight excluding hydrogens is 278 g/mol. The molecule has 0 radical (unpaired) electrons. The lowest BCUT2D eigenvalue weighted by Gasteiger charge is -2.24. The van der Waals surface area contributed by atoms with Crippen LogP contribution in [0.15, 0.2) is 28.3 Å². The third kappa shape index (κ3) is 3.49. The third-order valence-corrected chi connectivity index (χ3v) is 5.37. The Balaban J connectivity index is 3.09. The number of nitrogens with two attached hydrogens (primary N) is 1. The van der Waals surface area contributed by atoms with Crippen molar-refractivity contribution in [3.8, 4) is 0 Å². The molecular formula is C13H21N3O3S. The molecule has 0 amide bonds. The molecule has 1 aromatic carbocycles. The van der Waals surface area contributed by atoms with Crippen LogP contribution in [0.5, 0.6) is 0 Å². The molecule has 20 heavy (non-hydrogen) atoms. The molecule has 0 aliphatic rings. The second kappa shape index (κ2) is 6.23. The maximum atomic E-state index is 12.6. The monoisotopic (exact) mass is 299 g/mol. The Morgan fingerprint density at radius 2 is 2.05 bits per heavy atom. The summed E-state index contributed by atoms with van der Waals surface area (Å²) in [5.74, 6) is 0.000165. The van der Waals surface area contributed by atoms with E-state index in [2.05, 4.69) is 5.16 Å². The predicted octanol–water partition coefficient (Wildman–Crippen LogP) is 1.45. The van der Waals surface area contributed by atoms with Crippen molar-refractivity contribution in [3.63, 3.8) is 0 Å². The van der Waals surface area contributed by atoms with Crippen molar-refractivity contribution < 1.29 is 13.6 Å². The first kappa shape index (κ1) is 16.5. The topological polar surface area (TPSA) is 96.0 Å². The predicted molar refractivity (Wildman–Crippen MR) is 78.4 cm³/mol. The maximum Gasteiger partial charge on any atom is 0.243 e. The van der Waals surface area contributed by atoms with Gasteiger partial charge in [0.15, 0.2) is 0 Å². The Morgan fingerprint density at radius 1 is 1.45 bits per heavy atom. The fraction of sp³-hybridized carbons (Fsp3) is 0.462. The van der Waals surface area contributed by atoms with Gasteiger partial charge in [-0.1, -0.05) is 22.9 Å². The molecule has 0 bridgehead atoms. The number of amidine groups is 1. The van der Waals surface area contributed by atoms with Gasteiger partial charge < -0.3 is 10.9 Å². The van der Waals surface area contributed by atoms with Crippen LogP contribution in [0, 0.1) is 13.8 Å². The highest BCUT2D eigenvalue weighted by atomic mass is 32.2. The zero-order valence-corrected chi connectivity index (χ0v) is 13.0. The van der Waals surface area contributed by atoms with Crippen LogP contribution in [0.2, 0.25) is 0 Å². The van der Waals surface area contributed by atoms with E-state index in [4.69, 9.17) is 10.9 Å². The standard InChI is InChI=1S/C13H21N3O3S/c1-9-5-6-12(10(2)7-9)20(18,19)16(4)11(3)8-13(14)15-17/h5-7,11,17H,8H2,1-4H3,(H2,14,15). The van der Waals surface area contributed by atoms with Crippen LogP contribution in [0.4, 0.5) is 0 Å². The molecule has 0 fully saturated rings. The van der Waals surface area contributed by atoms with Crippen molar-refractivity contribution in [1.82, 2.24) is 4.31 Å². The normalized spacial score (nSPS) is 14.6. The smallest absolute Gasteiger partial charge is 0.243 e. The molecule has 1 atom stereocenters. The van der Waals surface area contributed by atoms with Crippen molar-refractivity contribution in [2.24, 2.45) is 10.9 Å². The van der Waals surface area contributed by atoms with Gasteiger partial charge in [-0.25, -0.2) is 8.42 Å². The number of oxime groups is 1. The van der Waals surface area contributed by atoms with Crippen molar-refractivity contribution in [1.29, 1.82) is 0 Å². The second-order valence-corrected chi connectivity index (χ2v) is 6.90. The van der Waals surface area contributed by atoms with Crippen LogP contribution < -0.4 is 5.73 Å². The zero-order valence-electron chi connectivity index (χ0n) is 12.2. The molecule has 0 aromatic heterocycles. The Hall–Kier alpha value is -1.60. The molecule has 0 aliphatic heterocycles. The van der Waals surface area contributed by atoms with Gasteiger partial charge in [-0.3, -0.25) is 0 Å². The SMILES string of the molecule is Cc1ccc(S(=O)(=O)N(C)C(C)CC(N)=NO)c(C)c1. The highest BCUT2D eigenvalue weighted by Gasteiger charge is 2.27. The van der Waals surface area contributed by atoms with Crippen LogP contribution in [0.3, 0.4) is 0 Å². The third-order valence-electron chi connectivity index (χ3n) is 3.24. The van der Waals surface area contributed by atoms with Crippen LogP contribution in [-0.4, -0.2) is 36.9 Å². The van der Waals surface area contributed by atoms with Gasteiger partial charge in [0.25, 0.3) is 0 Å². The maximum absolute atomic E-state index is 12.6. The summed E-state index contributed by atoms with van der Waals surface area (Å²) in [4.78, 5) is 0.275. The largest absolute Gasteiger partial charge is 0.409 e. The minimum atomic E-state index is -3.60. The Bertz CT molecular complexity index is 611. The summed E-state index contributed by atoms with van der Waals surface area (Å²) in [6, 6.07) is 4.79. The number of nitrogens with zero attached hydrogens (tertiary/aromatic N) is 2. The van der Waals surface area contributed by atoms with Crippen LogP contribution >= 0.6 is 0 Å². The fourth-order valence-corrected chi connectivity index (χ4v) is 3.52. The second-order valence-electron chi connectivity index (χ2n) is 4.93. The Kier molecular flexibility index (Phi) is 5.13. The highest BCUT2D eigenvalue weighted by molar-refractivity contribution is 7.89. The molecule has 0 heterocycles. The van der Waals surface area contributed by atoms with Crippen molar-refractivity contribution in [3.05, 3.63) is 29.3 Å². The zero-order chi connectivity index (χ0) is 15.5. The van der Waals surface area contributed by atoms with Gasteiger partial charge in [-0.05, 0) is 32.4 Å². The Labute approximate surface area is 119 Å². The summed E-state index contributed by atoms with van der Waals surface area (Å²) >= 11 is 0. The van der Waals surface area contributed by atoms with Crippen molar-refractivity contribution in [2.75, 3.05) is 7.05 Å². The van der Waals surface area contributed by atoms with E-state index in [0.29, 0.717) is 5.56 Å². The molecule has 6 nitrogen and oxygen atoms in total. The fourth-order valence-electron chi connectivity index (χ4n) is 1.95. The average Bonchev–Trinajstić information content (AvgIpc) is 2.36. The highest BCUT2D eigenvalue weighted by Crippen LogP contribution is 2.22. The van der Waals surface area contributed by atoms with E-state index >= 15 is 0 Å². The van der Waals surface area contributed by atoms with Gasteiger partial charge in [0.1, 0.15) is 5.84 Å². The summed E-state index contributed by atoms with van der Waals surface area (Å²) in [5.41, 5.74) is 7.13. The molecule has 0 spiro atoms. The number of hydrogen-bond donors (Lipinski definition) is 2. The van der Waals surface area contributed by atoms with Crippen molar-refractivity contribution >= 4 is 15.9 Å². The number of sulfonamides is 1. The molecule has 0 aliphatic carbocycles. The minimum Gasteiger partial charge on any atom is -0.409 e. The quantitative estimate of drug-likeness (QED) is 0.372. The number of rotatable bonds is 5. The number of benzene rings is 1. The van der Waals surface area contributed by atoms with Gasteiger partial charge in [0, 0.05) is 19.5 Å². The van der Waals surface area contributed by atoms with E-state index in [-0.39, 0.29) is 17.2 Å². The lowest BCUT2D eigenvalue weighted by Crippen LogP contribution is -2.38. The molecule has 0 saturated carbocycles. The average molecular weight is 299 g/mol. The number of aryl methyl sites for hydroxylation is 2. The van der Waals surface area contributed by atoms with Crippen LogP contribution in [0.25, 0.3) is 0 Å². The molecule has 0 saturated heterocycles. The molecule has 112 valence electrons. The summed E-state index contributed by atoms with van der Waals surface area (Å²) in [5, 5.41) is 11.4. The van der Waals surface area contributed by atoms with Crippen molar-refractivity contribution in [2.45, 2.75) is 38.1 Å². The van der Waals surface area contributed by atoms with Gasteiger partial charge in [0.2, 0.25) is 10.0 Å². The summed E-state index contributed by atoms with van der Waals surface area (Å²) in [6.45, 7) is 5.38. The van der Waals surface area contributed by atoms with Gasteiger partial charge >= 0.3 is 0 Å². The lowest BCUT2D eigenvalue weighted by molar-refractivity contribution is 0.313. The van der Waals surface area contributed by atoms with Gasteiger partial charge in [0.05, 0.1) is 4.90 Å². The molecule has 1 aromatic rings. The molecule has 7 heteroatoms. The summed E-state index contributed by atoms with van der Waals surface area (Å²) in [7, 11) is -2.11. The van der Waals surface area contributed by atoms with Gasteiger partial charge in [-0.15, -0.1) is 0 Å². The Morgan fingerprint density at radius 3 is 2.55 bits per heavy atom. The molecule has 1 unspecified atom stereocenters. The molecule has 1 rings (SSSR count). The van der Waals surface area contributed by atoms with E-state index in [9.17, 15) is 8.42 Å². The lowest BCUT2D eigenvalue weighted by atomic mass is 10.2. The summed E-state index contributed by atoms with van der Waals surface area (Å²) in [6.07, 6.45) is 0.164. The molecule has 3 N–H and O–H groups in total. The van der Waals surface area contributed by atoms with E-state index in [1.165, 1.54) is 11.4 Å². The first-order valence-electron chi connectivity index (χ1n) is 6.21. The number of hydrogen-bond acceptors (Lipinski definition) is 4. The first-order valence-corrected chi connectivity index (χ1v) is 7.65. The minimum absolute atomic E-state index is 0.000165. The van der Waals surface area contributed by atoms with E-state index in [1.807, 2.05) is 13.0 Å². The van der Waals surface area contributed by atoms with E-state index in [0.717, 1.165) is 5.56 Å². The summed E-state index contributed by atoms with van der Waals surface area (Å²) < 4.78 is 26.4.